The molecule has 4 heterocycles. The first kappa shape index (κ1) is 30.3. The average Bonchev–Trinajstić information content (AvgIpc) is 3.37. The number of phenolic OH excluding ortho intramolecular Hbond substituents is 1. The lowest BCUT2D eigenvalue weighted by molar-refractivity contribution is 0.109. The van der Waals surface area contributed by atoms with E-state index in [2.05, 4.69) is 26.1 Å². The van der Waals surface area contributed by atoms with Crippen LogP contribution in [0.4, 0.5) is 23.4 Å². The molecule has 3 aromatic carbocycles. The molecule has 0 spiro atoms. The number of ether oxygens (including phenoxy) is 1. The van der Waals surface area contributed by atoms with Crippen LogP contribution in [0, 0.1) is 35.2 Å². The Kier molecular flexibility index (Phi) is 7.53. The van der Waals surface area contributed by atoms with Gasteiger partial charge in [-0.25, -0.2) is 17.6 Å². The maximum Gasteiger partial charge on any atom is 0.319 e. The Bertz CT molecular complexity index is 1950. The van der Waals surface area contributed by atoms with Gasteiger partial charge in [0.1, 0.15) is 35.3 Å². The summed E-state index contributed by atoms with van der Waals surface area (Å²) in [6, 6.07) is 6.49. The highest BCUT2D eigenvalue weighted by atomic mass is 19.1. The number of halogens is 4. The number of rotatable bonds is 5. The van der Waals surface area contributed by atoms with Gasteiger partial charge in [-0.05, 0) is 61.5 Å². The van der Waals surface area contributed by atoms with Crippen LogP contribution in [0.5, 0.6) is 11.8 Å². The molecular formula is C35H33F4N5O2. The SMILES string of the molecule is C#Cc1c(F)ccc2cc(O)cc(-c3c(F)cc4c(N5C[C@H]6CC[C@@H](C5)N6)nc(OC[C@]5(C)CN(C)CC/C5=C/F)nc4c3F)c12. The zero-order valence-corrected chi connectivity index (χ0v) is 25.5. The van der Waals surface area contributed by atoms with Crippen LogP contribution in [0.3, 0.4) is 0 Å². The number of fused-ring (bicyclic) bond motifs is 4. The molecule has 3 aliphatic heterocycles. The van der Waals surface area contributed by atoms with Crippen molar-refractivity contribution < 1.29 is 27.4 Å². The molecule has 238 valence electrons. The average molecular weight is 632 g/mol. The second-order valence-electron chi connectivity index (χ2n) is 12.9. The number of benzene rings is 3. The molecule has 0 saturated carbocycles. The molecule has 0 radical (unpaired) electrons. The van der Waals surface area contributed by atoms with E-state index in [-0.39, 0.29) is 57.9 Å². The number of hydrogen-bond acceptors (Lipinski definition) is 7. The highest BCUT2D eigenvalue weighted by molar-refractivity contribution is 6.04. The van der Waals surface area contributed by atoms with Gasteiger partial charge in [-0.3, -0.25) is 0 Å². The molecule has 2 bridgehead atoms. The molecule has 11 heteroatoms. The van der Waals surface area contributed by atoms with Crippen molar-refractivity contribution in [1.82, 2.24) is 20.2 Å². The molecule has 7 nitrogen and oxygen atoms in total. The van der Waals surface area contributed by atoms with Gasteiger partial charge in [0.2, 0.25) is 0 Å². The highest BCUT2D eigenvalue weighted by Gasteiger charge is 2.37. The van der Waals surface area contributed by atoms with E-state index in [1.165, 1.54) is 18.2 Å². The van der Waals surface area contributed by atoms with Crippen molar-refractivity contribution >= 4 is 27.5 Å². The van der Waals surface area contributed by atoms with E-state index < -0.39 is 28.4 Å². The zero-order valence-electron chi connectivity index (χ0n) is 25.5. The molecule has 0 aliphatic carbocycles. The Hall–Kier alpha value is -4.40. The number of aromatic nitrogens is 2. The minimum absolute atomic E-state index is 0.0303. The normalized spacial score (nSPS) is 24.2. The van der Waals surface area contributed by atoms with E-state index in [0.717, 1.165) is 25.0 Å². The van der Waals surface area contributed by atoms with Crippen LogP contribution in [0.2, 0.25) is 0 Å². The summed E-state index contributed by atoms with van der Waals surface area (Å²) in [6.45, 7) is 4.32. The summed E-state index contributed by atoms with van der Waals surface area (Å²) in [4.78, 5) is 13.2. The maximum absolute atomic E-state index is 16.8. The summed E-state index contributed by atoms with van der Waals surface area (Å²) in [6.07, 6.45) is 8.75. The number of piperazine rings is 1. The highest BCUT2D eigenvalue weighted by Crippen LogP contribution is 2.42. The molecule has 0 amide bonds. The fourth-order valence-corrected chi connectivity index (χ4v) is 7.38. The number of aromatic hydroxyl groups is 1. The topological polar surface area (TPSA) is 73.8 Å². The van der Waals surface area contributed by atoms with Gasteiger partial charge in [-0.1, -0.05) is 18.9 Å². The lowest BCUT2D eigenvalue weighted by atomic mass is 9.78. The summed E-state index contributed by atoms with van der Waals surface area (Å²) in [5.41, 5.74) is -1.10. The number of anilines is 1. The molecule has 4 aromatic rings. The van der Waals surface area contributed by atoms with Gasteiger partial charge < -0.3 is 25.0 Å². The molecule has 7 rings (SSSR count). The van der Waals surface area contributed by atoms with Gasteiger partial charge in [0, 0.05) is 60.0 Å². The van der Waals surface area contributed by atoms with E-state index in [1.54, 1.807) is 0 Å². The number of terminal acetylenes is 1. The minimum Gasteiger partial charge on any atom is -0.508 e. The monoisotopic (exact) mass is 631 g/mol. The third kappa shape index (κ3) is 5.10. The number of nitrogens with zero attached hydrogens (tertiary/aromatic N) is 4. The van der Waals surface area contributed by atoms with Crippen LogP contribution < -0.4 is 15.0 Å². The summed E-state index contributed by atoms with van der Waals surface area (Å²) < 4.78 is 67.9. The lowest BCUT2D eigenvalue weighted by Gasteiger charge is -2.40. The largest absolute Gasteiger partial charge is 0.508 e. The van der Waals surface area contributed by atoms with Crippen molar-refractivity contribution in [1.29, 1.82) is 0 Å². The molecular weight excluding hydrogens is 598 g/mol. The number of phenols is 1. The van der Waals surface area contributed by atoms with Crippen molar-refractivity contribution in [2.75, 3.05) is 44.7 Å². The predicted molar refractivity (Wildman–Crippen MR) is 169 cm³/mol. The maximum atomic E-state index is 16.8. The van der Waals surface area contributed by atoms with Crippen molar-refractivity contribution in [2.24, 2.45) is 5.41 Å². The smallest absolute Gasteiger partial charge is 0.319 e. The summed E-state index contributed by atoms with van der Waals surface area (Å²) in [7, 11) is 1.95. The first-order valence-electron chi connectivity index (χ1n) is 15.3. The Morgan fingerprint density at radius 2 is 1.89 bits per heavy atom. The molecule has 0 unspecified atom stereocenters. The number of nitrogens with one attached hydrogen (secondary N) is 1. The summed E-state index contributed by atoms with van der Waals surface area (Å²) >= 11 is 0. The zero-order chi connectivity index (χ0) is 32.3. The second-order valence-corrected chi connectivity index (χ2v) is 12.9. The van der Waals surface area contributed by atoms with Crippen molar-refractivity contribution in [3.8, 4) is 35.2 Å². The molecule has 3 fully saturated rings. The molecule has 3 aliphatic rings. The first-order valence-corrected chi connectivity index (χ1v) is 15.3. The van der Waals surface area contributed by atoms with Gasteiger partial charge in [0.25, 0.3) is 0 Å². The third-order valence-corrected chi connectivity index (χ3v) is 9.63. The predicted octanol–water partition coefficient (Wildman–Crippen LogP) is 6.07. The van der Waals surface area contributed by atoms with Crippen molar-refractivity contribution in [2.45, 2.75) is 38.3 Å². The fraction of sp³-hybridized carbons (Fsp3) is 0.371. The van der Waals surface area contributed by atoms with Crippen LogP contribution in [-0.4, -0.2) is 71.9 Å². The molecule has 2 N–H and O–H groups in total. The van der Waals surface area contributed by atoms with E-state index in [1.807, 2.05) is 18.9 Å². The quantitative estimate of drug-likeness (QED) is 0.205. The van der Waals surface area contributed by atoms with Gasteiger partial charge in [0.05, 0.1) is 17.5 Å². The van der Waals surface area contributed by atoms with Crippen LogP contribution >= 0.6 is 0 Å². The number of piperidine rings is 1. The number of hydrogen-bond donors (Lipinski definition) is 2. The Balaban J connectivity index is 1.41. The Labute approximate surface area is 263 Å². The number of likely N-dealkylation sites (tertiary alicyclic amines) is 1. The Morgan fingerprint density at radius 3 is 2.61 bits per heavy atom. The van der Waals surface area contributed by atoms with Crippen LogP contribution in [-0.2, 0) is 0 Å². The van der Waals surface area contributed by atoms with E-state index in [0.29, 0.717) is 55.7 Å². The standard InChI is InChI=1S/C35H33F4N5O2/c1-4-24-27(37)8-5-19-11-23(45)12-25(29(19)24)30-28(38)13-26-32(31(30)39)41-34(42-33(26)44-15-21-6-7-22(16-44)40-21)46-18-35(2)17-43(3)10-9-20(35)14-36/h1,5,8,11-14,21-22,40,45H,6-7,9-10,15-18H2,2-3H3/b20-14-/t21-,22+,35-/m0/s1. The van der Waals surface area contributed by atoms with Gasteiger partial charge in [-0.15, -0.1) is 6.42 Å². The van der Waals surface area contributed by atoms with Crippen LogP contribution in [0.15, 0.2) is 42.2 Å². The third-order valence-electron chi connectivity index (χ3n) is 9.63. The van der Waals surface area contributed by atoms with E-state index in [9.17, 15) is 13.9 Å². The Morgan fingerprint density at radius 1 is 1.13 bits per heavy atom. The second kappa shape index (κ2) is 11.4. The first-order chi connectivity index (χ1) is 22.1. The molecule has 3 atom stereocenters. The van der Waals surface area contributed by atoms with Gasteiger partial charge >= 0.3 is 6.01 Å². The van der Waals surface area contributed by atoms with Crippen LogP contribution in [0.25, 0.3) is 32.8 Å². The molecule has 46 heavy (non-hydrogen) atoms. The van der Waals surface area contributed by atoms with Crippen LogP contribution in [0.1, 0.15) is 31.7 Å². The molecule has 3 saturated heterocycles. The lowest BCUT2D eigenvalue weighted by Crippen LogP contribution is -2.51. The van der Waals surface area contributed by atoms with E-state index in [4.69, 9.17) is 11.2 Å². The molecule has 1 aromatic heterocycles. The van der Waals surface area contributed by atoms with Gasteiger partial charge in [0.15, 0.2) is 5.82 Å². The summed E-state index contributed by atoms with van der Waals surface area (Å²) in [5.74, 6) is -0.380. The summed E-state index contributed by atoms with van der Waals surface area (Å²) in [5, 5.41) is 14.6. The minimum atomic E-state index is -1.03. The van der Waals surface area contributed by atoms with E-state index >= 15 is 8.78 Å². The van der Waals surface area contributed by atoms with Gasteiger partial charge in [-0.2, -0.15) is 9.97 Å². The fourth-order valence-electron chi connectivity index (χ4n) is 7.38. The van der Waals surface area contributed by atoms with Crippen molar-refractivity contribution in [3.63, 3.8) is 0 Å². The van der Waals surface area contributed by atoms with Crippen molar-refractivity contribution in [3.05, 3.63) is 65.2 Å².